The van der Waals surface area contributed by atoms with E-state index >= 15 is 0 Å². The molecular formula is C20H19ClN4O2S3. The van der Waals surface area contributed by atoms with Crippen molar-refractivity contribution in [2.24, 2.45) is 5.10 Å². The standard InChI is InChI=1S/C20H19ClN4O2S3/c1-2-17(13-7-9-15(26)10-8-13)22-23-18(27)12-29-20-25-24-19(30-20)28-11-14-5-3-4-6-16(14)21/h3-10,26H,2,11-12H2,1H3,(H,23,27)/b22-17-. The second-order valence-electron chi connectivity index (χ2n) is 6.00. The molecular weight excluding hydrogens is 460 g/mol. The number of aromatic hydroxyl groups is 1. The lowest BCUT2D eigenvalue weighted by atomic mass is 10.1. The molecule has 10 heteroatoms. The second kappa shape index (κ2) is 11.4. The van der Waals surface area contributed by atoms with Crippen LogP contribution in [0.5, 0.6) is 5.75 Å². The number of halogens is 1. The number of carbonyl (C=O) groups excluding carboxylic acids is 1. The van der Waals surface area contributed by atoms with E-state index in [4.69, 9.17) is 11.6 Å². The predicted molar refractivity (Wildman–Crippen MR) is 125 cm³/mol. The van der Waals surface area contributed by atoms with Crippen LogP contribution in [0.15, 0.2) is 62.3 Å². The fourth-order valence-electron chi connectivity index (χ4n) is 2.36. The van der Waals surface area contributed by atoms with Gasteiger partial charge in [0.2, 0.25) is 0 Å². The molecule has 0 saturated carbocycles. The Morgan fingerprint density at radius 2 is 1.83 bits per heavy atom. The monoisotopic (exact) mass is 478 g/mol. The second-order valence-corrected chi connectivity index (χ2v) is 9.83. The molecule has 0 spiro atoms. The SMILES string of the molecule is CC/C(=N/NC(=O)CSc1nnc(SCc2ccccc2Cl)s1)c1ccc(O)cc1. The highest BCUT2D eigenvalue weighted by Crippen LogP contribution is 2.32. The highest BCUT2D eigenvalue weighted by Gasteiger charge is 2.10. The summed E-state index contributed by atoms with van der Waals surface area (Å²) in [5.41, 5.74) is 5.22. The summed E-state index contributed by atoms with van der Waals surface area (Å²) in [6.07, 6.45) is 0.653. The van der Waals surface area contributed by atoms with Crippen LogP contribution >= 0.6 is 46.5 Å². The van der Waals surface area contributed by atoms with E-state index in [2.05, 4.69) is 20.7 Å². The van der Waals surface area contributed by atoms with Crippen molar-refractivity contribution in [3.05, 3.63) is 64.7 Å². The lowest BCUT2D eigenvalue weighted by Gasteiger charge is -2.05. The van der Waals surface area contributed by atoms with E-state index in [1.807, 2.05) is 31.2 Å². The largest absolute Gasteiger partial charge is 0.508 e. The number of carbonyl (C=O) groups is 1. The number of phenols is 1. The Bertz CT molecular complexity index is 1020. The van der Waals surface area contributed by atoms with Gasteiger partial charge in [-0.2, -0.15) is 5.10 Å². The summed E-state index contributed by atoms with van der Waals surface area (Å²) in [7, 11) is 0. The Balaban J connectivity index is 1.47. The first-order chi connectivity index (χ1) is 14.5. The number of hydrazone groups is 1. The normalized spacial score (nSPS) is 11.5. The average molecular weight is 479 g/mol. The summed E-state index contributed by atoms with van der Waals surface area (Å²) in [6, 6.07) is 14.4. The van der Waals surface area contributed by atoms with Gasteiger partial charge in [0.1, 0.15) is 5.75 Å². The summed E-state index contributed by atoms with van der Waals surface area (Å²) in [6.45, 7) is 1.95. The number of hydrogen-bond acceptors (Lipinski definition) is 8. The molecule has 30 heavy (non-hydrogen) atoms. The Morgan fingerprint density at radius 3 is 2.53 bits per heavy atom. The zero-order valence-electron chi connectivity index (χ0n) is 16.0. The molecule has 156 valence electrons. The number of amides is 1. The molecule has 6 nitrogen and oxygen atoms in total. The number of nitrogens with one attached hydrogen (secondary N) is 1. The van der Waals surface area contributed by atoms with Crippen LogP contribution in [0.4, 0.5) is 0 Å². The van der Waals surface area contributed by atoms with E-state index in [1.165, 1.54) is 23.1 Å². The van der Waals surface area contributed by atoms with Gasteiger partial charge in [-0.15, -0.1) is 10.2 Å². The molecule has 2 aromatic carbocycles. The number of nitrogens with zero attached hydrogens (tertiary/aromatic N) is 3. The molecule has 0 aliphatic carbocycles. The van der Waals surface area contributed by atoms with Crippen molar-refractivity contribution in [3.8, 4) is 5.75 Å². The van der Waals surface area contributed by atoms with Crippen molar-refractivity contribution in [3.63, 3.8) is 0 Å². The molecule has 0 radical (unpaired) electrons. The summed E-state index contributed by atoms with van der Waals surface area (Å²) in [4.78, 5) is 12.1. The molecule has 0 aliphatic heterocycles. The molecule has 2 N–H and O–H groups in total. The van der Waals surface area contributed by atoms with Gasteiger partial charge in [0.15, 0.2) is 8.68 Å². The van der Waals surface area contributed by atoms with Crippen LogP contribution in [0.2, 0.25) is 5.02 Å². The third-order valence-electron chi connectivity index (χ3n) is 3.87. The average Bonchev–Trinajstić information content (AvgIpc) is 3.21. The van der Waals surface area contributed by atoms with Crippen LogP contribution in [0.25, 0.3) is 0 Å². The third-order valence-corrected chi connectivity index (χ3v) is 7.48. The lowest BCUT2D eigenvalue weighted by molar-refractivity contribution is -0.118. The Kier molecular flexibility index (Phi) is 8.56. The molecule has 0 saturated heterocycles. The number of phenolic OH excluding ortho intramolecular Hbond substituents is 1. The van der Waals surface area contributed by atoms with E-state index < -0.39 is 0 Å². The van der Waals surface area contributed by atoms with Gasteiger partial charge >= 0.3 is 0 Å². The van der Waals surface area contributed by atoms with Gasteiger partial charge in [-0.1, -0.05) is 71.6 Å². The molecule has 1 heterocycles. The molecule has 3 rings (SSSR count). The van der Waals surface area contributed by atoms with E-state index in [1.54, 1.807) is 36.0 Å². The summed E-state index contributed by atoms with van der Waals surface area (Å²) >= 11 is 10.5. The van der Waals surface area contributed by atoms with Gasteiger partial charge in [-0.05, 0) is 47.9 Å². The van der Waals surface area contributed by atoms with Gasteiger partial charge in [-0.3, -0.25) is 4.79 Å². The molecule has 0 fully saturated rings. The maximum absolute atomic E-state index is 12.1. The molecule has 0 unspecified atom stereocenters. The smallest absolute Gasteiger partial charge is 0.250 e. The van der Waals surface area contributed by atoms with Crippen LogP contribution in [0.1, 0.15) is 24.5 Å². The number of thioether (sulfide) groups is 2. The first kappa shape index (κ1) is 22.6. The van der Waals surface area contributed by atoms with Gasteiger partial charge in [0.25, 0.3) is 5.91 Å². The zero-order valence-corrected chi connectivity index (χ0v) is 19.2. The minimum absolute atomic E-state index is 0.191. The maximum Gasteiger partial charge on any atom is 0.250 e. The minimum atomic E-state index is -0.217. The highest BCUT2D eigenvalue weighted by molar-refractivity contribution is 8.03. The molecule has 0 aliphatic rings. The first-order valence-electron chi connectivity index (χ1n) is 9.02. The number of benzene rings is 2. The molecule has 1 aromatic heterocycles. The summed E-state index contributed by atoms with van der Waals surface area (Å²) < 4.78 is 1.56. The molecule has 1 amide bonds. The quantitative estimate of drug-likeness (QED) is 0.249. The predicted octanol–water partition coefficient (Wildman–Crippen LogP) is 5.21. The van der Waals surface area contributed by atoms with Gasteiger partial charge in [0.05, 0.1) is 11.5 Å². The minimum Gasteiger partial charge on any atom is -0.508 e. The van der Waals surface area contributed by atoms with Crippen LogP contribution in [0, 0.1) is 0 Å². The highest BCUT2D eigenvalue weighted by atomic mass is 35.5. The summed E-state index contributed by atoms with van der Waals surface area (Å²) in [5.74, 6) is 0.881. The van der Waals surface area contributed by atoms with E-state index in [9.17, 15) is 9.90 Å². The Morgan fingerprint density at radius 1 is 1.13 bits per heavy atom. The van der Waals surface area contributed by atoms with E-state index in [0.717, 1.165) is 30.5 Å². The molecule has 0 bridgehead atoms. The fraction of sp³-hybridized carbons (Fsp3) is 0.200. The molecule has 0 atom stereocenters. The van der Waals surface area contributed by atoms with Crippen molar-refractivity contribution < 1.29 is 9.90 Å². The number of aromatic nitrogens is 2. The van der Waals surface area contributed by atoms with Crippen molar-refractivity contribution >= 4 is 58.1 Å². The topological polar surface area (TPSA) is 87.5 Å². The first-order valence-corrected chi connectivity index (χ1v) is 12.2. The fourth-order valence-corrected chi connectivity index (χ4v) is 5.46. The van der Waals surface area contributed by atoms with Crippen molar-refractivity contribution in [2.75, 3.05) is 5.75 Å². The third kappa shape index (κ3) is 6.73. The van der Waals surface area contributed by atoms with Gasteiger partial charge < -0.3 is 5.11 Å². The van der Waals surface area contributed by atoms with Crippen LogP contribution in [0.3, 0.4) is 0 Å². The van der Waals surface area contributed by atoms with Gasteiger partial charge in [0, 0.05) is 10.8 Å². The van der Waals surface area contributed by atoms with Crippen molar-refractivity contribution in [2.45, 2.75) is 27.8 Å². The lowest BCUT2D eigenvalue weighted by Crippen LogP contribution is -2.21. The number of hydrogen-bond donors (Lipinski definition) is 2. The van der Waals surface area contributed by atoms with Gasteiger partial charge in [-0.25, -0.2) is 5.43 Å². The van der Waals surface area contributed by atoms with Crippen LogP contribution < -0.4 is 5.43 Å². The molecule has 3 aromatic rings. The Labute approximate surface area is 192 Å². The summed E-state index contributed by atoms with van der Waals surface area (Å²) in [5, 5.41) is 22.6. The Hall–Kier alpha value is -2.07. The van der Waals surface area contributed by atoms with Crippen LogP contribution in [-0.4, -0.2) is 32.7 Å². The van der Waals surface area contributed by atoms with E-state index in [-0.39, 0.29) is 17.4 Å². The number of rotatable bonds is 9. The van der Waals surface area contributed by atoms with E-state index in [0.29, 0.717) is 12.2 Å². The van der Waals surface area contributed by atoms with Crippen LogP contribution in [-0.2, 0) is 10.5 Å². The zero-order chi connectivity index (χ0) is 21.3. The van der Waals surface area contributed by atoms with Crippen molar-refractivity contribution in [1.82, 2.24) is 15.6 Å². The maximum atomic E-state index is 12.1. The van der Waals surface area contributed by atoms with Crippen molar-refractivity contribution in [1.29, 1.82) is 0 Å².